The van der Waals surface area contributed by atoms with Crippen LogP contribution < -0.4 is 15.4 Å². The molecule has 148 valence electrons. The highest BCUT2D eigenvalue weighted by Gasteiger charge is 2.29. The van der Waals surface area contributed by atoms with Gasteiger partial charge in [0.05, 0.1) is 12.3 Å². The fourth-order valence-electron chi connectivity index (χ4n) is 2.78. The highest BCUT2D eigenvalue weighted by Crippen LogP contribution is 2.30. The van der Waals surface area contributed by atoms with Crippen molar-refractivity contribution in [3.8, 4) is 0 Å². The Bertz CT molecular complexity index is 1000. The van der Waals surface area contributed by atoms with Crippen LogP contribution in [0.4, 0.5) is 11.4 Å². The molecule has 1 fully saturated rings. The van der Waals surface area contributed by atoms with Crippen molar-refractivity contribution in [2.24, 2.45) is 5.92 Å². The molecule has 0 bridgehead atoms. The monoisotopic (exact) mass is 401 g/mol. The zero-order valence-electron chi connectivity index (χ0n) is 15.7. The number of hydrogen-bond acceptors (Lipinski definition) is 4. The second-order valence-electron chi connectivity index (χ2n) is 7.04. The fourth-order valence-corrected chi connectivity index (χ4v) is 3.33. The third-order valence-corrected chi connectivity index (χ3v) is 4.98. The average molecular weight is 401 g/mol. The Morgan fingerprint density at radius 2 is 1.71 bits per heavy atom. The SMILES string of the molecule is CC(NC(=O)c1cccc(NC(=O)C2CC2)c1)c1cccc(NS(C)(=O)=O)c1. The molecule has 0 heterocycles. The lowest BCUT2D eigenvalue weighted by molar-refractivity contribution is -0.117. The number of nitrogens with one attached hydrogen (secondary N) is 3. The van der Waals surface area contributed by atoms with Crippen molar-refractivity contribution < 1.29 is 18.0 Å². The number of carbonyl (C=O) groups excluding carboxylic acids is 2. The largest absolute Gasteiger partial charge is 0.346 e. The Morgan fingerprint density at radius 3 is 2.39 bits per heavy atom. The number of sulfonamides is 1. The lowest BCUT2D eigenvalue weighted by Gasteiger charge is -2.16. The van der Waals surface area contributed by atoms with Crippen molar-refractivity contribution in [3.63, 3.8) is 0 Å². The molecule has 3 rings (SSSR count). The molecule has 1 aliphatic carbocycles. The van der Waals surface area contributed by atoms with E-state index >= 15 is 0 Å². The number of benzene rings is 2. The molecule has 0 aliphatic heterocycles. The summed E-state index contributed by atoms with van der Waals surface area (Å²) in [4.78, 5) is 24.5. The highest BCUT2D eigenvalue weighted by atomic mass is 32.2. The molecule has 1 aliphatic rings. The van der Waals surface area contributed by atoms with Gasteiger partial charge in [-0.2, -0.15) is 0 Å². The second kappa shape index (κ2) is 8.02. The molecule has 2 aromatic carbocycles. The summed E-state index contributed by atoms with van der Waals surface area (Å²) in [7, 11) is -3.37. The number of carbonyl (C=O) groups is 2. The molecule has 1 saturated carbocycles. The third-order valence-electron chi connectivity index (χ3n) is 4.38. The minimum atomic E-state index is -3.37. The van der Waals surface area contributed by atoms with Crippen molar-refractivity contribution in [2.75, 3.05) is 16.3 Å². The van der Waals surface area contributed by atoms with Gasteiger partial charge < -0.3 is 10.6 Å². The molecular weight excluding hydrogens is 378 g/mol. The number of amides is 2. The summed E-state index contributed by atoms with van der Waals surface area (Å²) in [5.74, 6) is -0.206. The van der Waals surface area contributed by atoms with Gasteiger partial charge in [-0.3, -0.25) is 14.3 Å². The molecule has 0 aromatic heterocycles. The van der Waals surface area contributed by atoms with Crippen LogP contribution in [-0.2, 0) is 14.8 Å². The van der Waals surface area contributed by atoms with Crippen LogP contribution in [0, 0.1) is 5.92 Å². The Labute approximate surface area is 164 Å². The maximum absolute atomic E-state index is 12.6. The van der Waals surface area contributed by atoms with Gasteiger partial charge in [-0.05, 0) is 55.7 Å². The van der Waals surface area contributed by atoms with Crippen LogP contribution in [0.25, 0.3) is 0 Å². The minimum absolute atomic E-state index is 0.0129. The molecule has 1 atom stereocenters. The first-order chi connectivity index (χ1) is 13.2. The predicted octanol–water partition coefficient (Wildman–Crippen LogP) is 2.90. The second-order valence-corrected chi connectivity index (χ2v) is 8.79. The van der Waals surface area contributed by atoms with Gasteiger partial charge >= 0.3 is 0 Å². The normalized spacial score (nSPS) is 14.8. The zero-order chi connectivity index (χ0) is 20.3. The van der Waals surface area contributed by atoms with Gasteiger partial charge in [-0.25, -0.2) is 8.42 Å². The average Bonchev–Trinajstić information content (AvgIpc) is 3.46. The van der Waals surface area contributed by atoms with Crippen molar-refractivity contribution in [3.05, 3.63) is 59.7 Å². The molecule has 0 radical (unpaired) electrons. The molecule has 2 aromatic rings. The van der Waals surface area contributed by atoms with Crippen molar-refractivity contribution in [2.45, 2.75) is 25.8 Å². The first-order valence-electron chi connectivity index (χ1n) is 9.01. The van der Waals surface area contributed by atoms with E-state index in [-0.39, 0.29) is 23.8 Å². The topological polar surface area (TPSA) is 104 Å². The number of hydrogen-bond donors (Lipinski definition) is 3. The third kappa shape index (κ3) is 5.56. The molecule has 28 heavy (non-hydrogen) atoms. The number of anilines is 2. The van der Waals surface area contributed by atoms with Crippen molar-refractivity contribution in [1.29, 1.82) is 0 Å². The van der Waals surface area contributed by atoms with Gasteiger partial charge in [-0.1, -0.05) is 18.2 Å². The lowest BCUT2D eigenvalue weighted by atomic mass is 10.1. The Morgan fingerprint density at radius 1 is 1.04 bits per heavy atom. The summed E-state index contributed by atoms with van der Waals surface area (Å²) in [6.07, 6.45) is 2.91. The highest BCUT2D eigenvalue weighted by molar-refractivity contribution is 7.92. The predicted molar refractivity (Wildman–Crippen MR) is 109 cm³/mol. The van der Waals surface area contributed by atoms with E-state index in [1.165, 1.54) is 0 Å². The first kappa shape index (κ1) is 19.9. The molecule has 0 saturated heterocycles. The van der Waals surface area contributed by atoms with Gasteiger partial charge in [0, 0.05) is 22.9 Å². The van der Waals surface area contributed by atoms with Gasteiger partial charge in [0.15, 0.2) is 0 Å². The van der Waals surface area contributed by atoms with E-state index in [0.717, 1.165) is 24.7 Å². The maximum Gasteiger partial charge on any atom is 0.251 e. The van der Waals surface area contributed by atoms with E-state index in [2.05, 4.69) is 15.4 Å². The summed E-state index contributed by atoms with van der Waals surface area (Å²) in [5, 5.41) is 5.72. The number of rotatable bonds is 7. The Hall–Kier alpha value is -2.87. The molecule has 0 spiro atoms. The van der Waals surface area contributed by atoms with E-state index < -0.39 is 10.0 Å². The van der Waals surface area contributed by atoms with Gasteiger partial charge in [0.2, 0.25) is 15.9 Å². The van der Waals surface area contributed by atoms with Crippen LogP contribution in [0.3, 0.4) is 0 Å². The summed E-state index contributed by atoms with van der Waals surface area (Å²) in [5.41, 5.74) is 2.23. The van der Waals surface area contributed by atoms with Gasteiger partial charge in [-0.15, -0.1) is 0 Å². The van der Waals surface area contributed by atoms with Crippen LogP contribution in [0.5, 0.6) is 0 Å². The van der Waals surface area contributed by atoms with E-state index in [9.17, 15) is 18.0 Å². The van der Waals surface area contributed by atoms with E-state index in [0.29, 0.717) is 16.9 Å². The van der Waals surface area contributed by atoms with Crippen molar-refractivity contribution >= 4 is 33.2 Å². The minimum Gasteiger partial charge on any atom is -0.346 e. The molecule has 7 nitrogen and oxygen atoms in total. The van der Waals surface area contributed by atoms with E-state index in [4.69, 9.17) is 0 Å². The molecular formula is C20H23N3O4S. The quantitative estimate of drug-likeness (QED) is 0.663. The summed E-state index contributed by atoms with van der Waals surface area (Å²) in [6, 6.07) is 13.3. The fraction of sp³-hybridized carbons (Fsp3) is 0.300. The van der Waals surface area contributed by atoms with Crippen LogP contribution in [-0.4, -0.2) is 26.5 Å². The van der Waals surface area contributed by atoms with E-state index in [1.54, 1.807) is 42.5 Å². The summed E-state index contributed by atoms with van der Waals surface area (Å²) < 4.78 is 25.2. The molecule has 1 unspecified atom stereocenters. The van der Waals surface area contributed by atoms with Crippen LogP contribution in [0.1, 0.15) is 41.7 Å². The molecule has 8 heteroatoms. The molecule has 2 amide bonds. The van der Waals surface area contributed by atoms with E-state index in [1.807, 2.05) is 13.0 Å². The summed E-state index contributed by atoms with van der Waals surface area (Å²) >= 11 is 0. The van der Waals surface area contributed by atoms with Crippen LogP contribution >= 0.6 is 0 Å². The van der Waals surface area contributed by atoms with Gasteiger partial charge in [0.1, 0.15) is 0 Å². The van der Waals surface area contributed by atoms with Crippen LogP contribution in [0.15, 0.2) is 48.5 Å². The lowest BCUT2D eigenvalue weighted by Crippen LogP contribution is -2.27. The zero-order valence-corrected chi connectivity index (χ0v) is 16.5. The Kier molecular flexibility index (Phi) is 5.69. The molecule has 3 N–H and O–H groups in total. The van der Waals surface area contributed by atoms with Gasteiger partial charge in [0.25, 0.3) is 5.91 Å². The standard InChI is InChI=1S/C20H23N3O4S/c1-13(15-5-3-8-18(11-15)23-28(2,26)27)21-20(25)16-6-4-7-17(12-16)22-19(24)14-9-10-14/h3-8,11-14,23H,9-10H2,1-2H3,(H,21,25)(H,22,24). The maximum atomic E-state index is 12.6. The summed E-state index contributed by atoms with van der Waals surface area (Å²) in [6.45, 7) is 1.82. The Balaban J connectivity index is 1.67. The smallest absolute Gasteiger partial charge is 0.251 e. The van der Waals surface area contributed by atoms with Crippen LogP contribution in [0.2, 0.25) is 0 Å². The first-order valence-corrected chi connectivity index (χ1v) is 10.9. The van der Waals surface area contributed by atoms with Crippen molar-refractivity contribution in [1.82, 2.24) is 5.32 Å².